The van der Waals surface area contributed by atoms with Crippen LogP contribution in [0.2, 0.25) is 0 Å². The van der Waals surface area contributed by atoms with Crippen molar-refractivity contribution in [3.8, 4) is 0 Å². The zero-order valence-electron chi connectivity index (χ0n) is 14.2. The lowest BCUT2D eigenvalue weighted by atomic mass is 10.0. The van der Waals surface area contributed by atoms with Crippen LogP contribution in [-0.4, -0.2) is 57.3 Å². The van der Waals surface area contributed by atoms with E-state index in [1.807, 2.05) is 24.8 Å². The second kappa shape index (κ2) is 7.53. The highest BCUT2D eigenvalue weighted by Gasteiger charge is 2.24. The molecule has 0 saturated carbocycles. The summed E-state index contributed by atoms with van der Waals surface area (Å²) in [5.41, 5.74) is 3.83. The van der Waals surface area contributed by atoms with Gasteiger partial charge in [-0.1, -0.05) is 0 Å². The maximum absolute atomic E-state index is 12.7. The van der Waals surface area contributed by atoms with E-state index in [4.69, 9.17) is 4.74 Å². The fourth-order valence-electron chi connectivity index (χ4n) is 3.06. The summed E-state index contributed by atoms with van der Waals surface area (Å²) in [6.45, 7) is 6.43. The van der Waals surface area contributed by atoms with Crippen molar-refractivity contribution >= 4 is 5.91 Å². The monoisotopic (exact) mass is 329 g/mol. The number of carbonyl (C=O) groups excluding carboxylic acids is 1. The molecule has 0 aliphatic carbocycles. The molecule has 3 rings (SSSR count). The minimum atomic E-state index is 0.126. The van der Waals surface area contributed by atoms with Gasteiger partial charge in [0.2, 0.25) is 5.91 Å². The van der Waals surface area contributed by atoms with Crippen LogP contribution < -0.4 is 0 Å². The van der Waals surface area contributed by atoms with E-state index in [0.29, 0.717) is 32.7 Å². The van der Waals surface area contributed by atoms with Crippen molar-refractivity contribution in [1.29, 1.82) is 0 Å². The molecule has 0 aromatic carbocycles. The summed E-state index contributed by atoms with van der Waals surface area (Å²) < 4.78 is 5.69. The van der Waals surface area contributed by atoms with Gasteiger partial charge in [0, 0.05) is 42.2 Å². The quantitative estimate of drug-likeness (QED) is 0.907. The van der Waals surface area contributed by atoms with Crippen LogP contribution in [0, 0.1) is 19.8 Å². The first-order valence-corrected chi connectivity index (χ1v) is 8.24. The van der Waals surface area contributed by atoms with Crippen LogP contribution in [0.4, 0.5) is 0 Å². The third-order valence-corrected chi connectivity index (χ3v) is 4.44. The zero-order valence-corrected chi connectivity index (χ0v) is 14.2. The van der Waals surface area contributed by atoms with E-state index in [9.17, 15) is 4.79 Å². The summed E-state index contributed by atoms with van der Waals surface area (Å²) in [6, 6.07) is 1.91. The molecule has 1 aliphatic heterocycles. The topological polar surface area (TPSA) is 84.0 Å². The first-order valence-electron chi connectivity index (χ1n) is 8.24. The first kappa shape index (κ1) is 16.6. The van der Waals surface area contributed by atoms with Crippen LogP contribution in [0.5, 0.6) is 0 Å². The summed E-state index contributed by atoms with van der Waals surface area (Å²) in [7, 11) is 0. The number of hydrogen-bond acceptors (Lipinski definition) is 5. The first-order chi connectivity index (χ1) is 11.6. The van der Waals surface area contributed by atoms with Gasteiger partial charge in [-0.05, 0) is 26.3 Å². The molecule has 0 bridgehead atoms. The van der Waals surface area contributed by atoms with Crippen molar-refractivity contribution in [3.63, 3.8) is 0 Å². The van der Waals surface area contributed by atoms with Crippen LogP contribution in [0.15, 0.2) is 18.6 Å². The van der Waals surface area contributed by atoms with Gasteiger partial charge in [0.15, 0.2) is 0 Å². The number of nitrogens with zero attached hydrogens (tertiary/aromatic N) is 4. The van der Waals surface area contributed by atoms with Crippen molar-refractivity contribution in [1.82, 2.24) is 25.1 Å². The molecular weight excluding hydrogens is 306 g/mol. The van der Waals surface area contributed by atoms with Crippen molar-refractivity contribution in [3.05, 3.63) is 41.2 Å². The molecule has 1 amide bonds. The summed E-state index contributed by atoms with van der Waals surface area (Å²) in [6.07, 6.45) is 4.47. The molecule has 1 N–H and O–H groups in total. The molecule has 24 heavy (non-hydrogen) atoms. The molecule has 3 heterocycles. The Balaban J connectivity index is 1.65. The predicted molar refractivity (Wildman–Crippen MR) is 88.4 cm³/mol. The maximum atomic E-state index is 12.7. The Hall–Kier alpha value is -2.28. The zero-order chi connectivity index (χ0) is 16.9. The number of nitrogens with one attached hydrogen (secondary N) is 1. The van der Waals surface area contributed by atoms with E-state index in [-0.39, 0.29) is 11.8 Å². The van der Waals surface area contributed by atoms with Crippen LogP contribution in [0.1, 0.15) is 22.6 Å². The van der Waals surface area contributed by atoms with Gasteiger partial charge >= 0.3 is 0 Å². The van der Waals surface area contributed by atoms with E-state index >= 15 is 0 Å². The standard InChI is InChI=1S/C17H23N5O2/c1-12-16(13(2)21-20-12)8-17(23)22-5-6-24-10-14(9-22)7-15-3-4-18-11-19-15/h3-4,11,14H,5-10H2,1-2H3,(H,20,21)/t14-/m1/s1. The van der Waals surface area contributed by atoms with E-state index in [2.05, 4.69) is 20.2 Å². The van der Waals surface area contributed by atoms with E-state index in [1.54, 1.807) is 12.5 Å². The maximum Gasteiger partial charge on any atom is 0.227 e. The molecule has 1 fully saturated rings. The number of aromatic nitrogens is 4. The molecule has 0 unspecified atom stereocenters. The molecule has 1 atom stereocenters. The molecule has 0 spiro atoms. The molecule has 1 aliphatic rings. The van der Waals surface area contributed by atoms with E-state index < -0.39 is 0 Å². The number of ether oxygens (including phenoxy) is 1. The highest BCUT2D eigenvalue weighted by atomic mass is 16.5. The van der Waals surface area contributed by atoms with Crippen LogP contribution >= 0.6 is 0 Å². The van der Waals surface area contributed by atoms with Gasteiger partial charge in [-0.15, -0.1) is 0 Å². The van der Waals surface area contributed by atoms with Crippen LogP contribution in [0.3, 0.4) is 0 Å². The van der Waals surface area contributed by atoms with Crippen molar-refractivity contribution in [2.75, 3.05) is 26.3 Å². The Bertz CT molecular complexity index is 666. The fraction of sp³-hybridized carbons (Fsp3) is 0.529. The summed E-state index contributed by atoms with van der Waals surface area (Å²) in [4.78, 5) is 22.8. The van der Waals surface area contributed by atoms with Crippen molar-refractivity contribution < 1.29 is 9.53 Å². The molecule has 7 heteroatoms. The van der Waals surface area contributed by atoms with Crippen molar-refractivity contribution in [2.24, 2.45) is 5.92 Å². The molecule has 2 aromatic heterocycles. The molecular formula is C17H23N5O2. The predicted octanol–water partition coefficient (Wildman–Crippen LogP) is 1.08. The third kappa shape index (κ3) is 3.97. The lowest BCUT2D eigenvalue weighted by Crippen LogP contribution is -2.37. The van der Waals surface area contributed by atoms with Gasteiger partial charge in [0.05, 0.1) is 25.3 Å². The van der Waals surface area contributed by atoms with Gasteiger partial charge in [-0.2, -0.15) is 5.10 Å². The van der Waals surface area contributed by atoms with Gasteiger partial charge < -0.3 is 9.64 Å². The second-order valence-electron chi connectivity index (χ2n) is 6.27. The Labute approximate surface area is 141 Å². The Morgan fingerprint density at radius 3 is 3.04 bits per heavy atom. The third-order valence-electron chi connectivity index (χ3n) is 4.44. The summed E-state index contributed by atoms with van der Waals surface area (Å²) in [5.74, 6) is 0.374. The van der Waals surface area contributed by atoms with E-state index in [0.717, 1.165) is 29.1 Å². The Morgan fingerprint density at radius 1 is 1.46 bits per heavy atom. The van der Waals surface area contributed by atoms with E-state index in [1.165, 1.54) is 0 Å². The summed E-state index contributed by atoms with van der Waals surface area (Å²) in [5, 5.41) is 7.11. The SMILES string of the molecule is Cc1n[nH]c(C)c1CC(=O)N1CCOC[C@H](Cc2ccncn2)C1. The van der Waals surface area contributed by atoms with Gasteiger partial charge in [-0.3, -0.25) is 9.89 Å². The van der Waals surface area contributed by atoms with Crippen LogP contribution in [0.25, 0.3) is 0 Å². The lowest BCUT2D eigenvalue weighted by Gasteiger charge is -2.23. The number of amides is 1. The second-order valence-corrected chi connectivity index (χ2v) is 6.27. The number of hydrogen-bond donors (Lipinski definition) is 1. The molecule has 128 valence electrons. The molecule has 2 aromatic rings. The average molecular weight is 329 g/mol. The molecule has 1 saturated heterocycles. The number of H-pyrrole nitrogens is 1. The van der Waals surface area contributed by atoms with Gasteiger partial charge in [0.25, 0.3) is 0 Å². The van der Waals surface area contributed by atoms with Crippen molar-refractivity contribution in [2.45, 2.75) is 26.7 Å². The highest BCUT2D eigenvalue weighted by molar-refractivity contribution is 5.79. The Kier molecular flexibility index (Phi) is 5.20. The minimum Gasteiger partial charge on any atom is -0.379 e. The largest absolute Gasteiger partial charge is 0.379 e. The number of aryl methyl sites for hydroxylation is 2. The highest BCUT2D eigenvalue weighted by Crippen LogP contribution is 2.16. The lowest BCUT2D eigenvalue weighted by molar-refractivity contribution is -0.130. The van der Waals surface area contributed by atoms with Crippen LogP contribution in [-0.2, 0) is 22.4 Å². The van der Waals surface area contributed by atoms with Gasteiger partial charge in [0.1, 0.15) is 6.33 Å². The molecule has 7 nitrogen and oxygen atoms in total. The minimum absolute atomic E-state index is 0.126. The number of carbonyl (C=O) groups is 1. The Morgan fingerprint density at radius 2 is 2.33 bits per heavy atom. The number of aromatic amines is 1. The van der Waals surface area contributed by atoms with Gasteiger partial charge in [-0.25, -0.2) is 9.97 Å². The smallest absolute Gasteiger partial charge is 0.227 e. The normalized spacial score (nSPS) is 18.4. The average Bonchev–Trinajstić information content (AvgIpc) is 2.79. The number of rotatable bonds is 4. The summed E-state index contributed by atoms with van der Waals surface area (Å²) >= 11 is 0. The fourth-order valence-corrected chi connectivity index (χ4v) is 3.06. The molecule has 0 radical (unpaired) electrons.